The number of nitrogens with one attached hydrogen (secondary N) is 2. The zero-order valence-electron chi connectivity index (χ0n) is 18.4. The van der Waals surface area contributed by atoms with Crippen LogP contribution >= 0.6 is 15.9 Å². The molecule has 2 aromatic heterocycles. The number of rotatable bonds is 8. The highest BCUT2D eigenvalue weighted by atomic mass is 79.9. The third-order valence-electron chi connectivity index (χ3n) is 4.87. The number of nitrogens with zero attached hydrogens (tertiary/aromatic N) is 2. The zero-order chi connectivity index (χ0) is 22.8. The number of aromatic amines is 1. The second-order valence-corrected chi connectivity index (χ2v) is 9.60. The minimum absolute atomic E-state index is 0.0798. The van der Waals surface area contributed by atoms with Gasteiger partial charge in [-0.25, -0.2) is 0 Å². The van der Waals surface area contributed by atoms with Gasteiger partial charge in [0.25, 0.3) is 5.91 Å². The summed E-state index contributed by atoms with van der Waals surface area (Å²) in [6.07, 6.45) is 1.54. The number of H-pyrrole nitrogens is 1. The second kappa shape index (κ2) is 9.20. The van der Waals surface area contributed by atoms with E-state index in [0.717, 1.165) is 16.6 Å². The summed E-state index contributed by atoms with van der Waals surface area (Å²) in [5.41, 5.74) is 2.28. The molecule has 0 saturated carbocycles. The normalized spacial score (nSPS) is 11.7. The number of amides is 1. The highest BCUT2D eigenvalue weighted by Crippen LogP contribution is 2.28. The molecule has 2 N–H and O–H groups in total. The third-order valence-corrected chi connectivity index (χ3v) is 5.40. The number of carbonyl (C=O) groups excluding carboxylic acids is 2. The van der Waals surface area contributed by atoms with Gasteiger partial charge in [0.2, 0.25) is 0 Å². The van der Waals surface area contributed by atoms with Crippen molar-refractivity contribution in [1.29, 1.82) is 0 Å². The molecule has 8 heteroatoms. The van der Waals surface area contributed by atoms with Crippen LogP contribution in [0.3, 0.4) is 0 Å². The van der Waals surface area contributed by atoms with E-state index in [4.69, 9.17) is 4.52 Å². The zero-order valence-corrected chi connectivity index (χ0v) is 20.0. The predicted molar refractivity (Wildman–Crippen MR) is 123 cm³/mol. The van der Waals surface area contributed by atoms with Gasteiger partial charge < -0.3 is 19.7 Å². The summed E-state index contributed by atoms with van der Waals surface area (Å²) in [5.74, 6) is -0.0680. The Balaban J connectivity index is 1.77. The van der Waals surface area contributed by atoms with Gasteiger partial charge >= 0.3 is 0 Å². The van der Waals surface area contributed by atoms with Crippen molar-refractivity contribution in [2.75, 3.05) is 27.2 Å². The maximum Gasteiger partial charge on any atom is 0.267 e. The molecule has 0 bridgehead atoms. The van der Waals surface area contributed by atoms with Gasteiger partial charge in [-0.05, 0) is 44.6 Å². The Hall–Kier alpha value is -2.71. The van der Waals surface area contributed by atoms with E-state index in [1.54, 1.807) is 19.2 Å². The smallest absolute Gasteiger partial charge is 0.267 e. The van der Waals surface area contributed by atoms with Crippen LogP contribution in [0.5, 0.6) is 0 Å². The van der Waals surface area contributed by atoms with E-state index in [0.29, 0.717) is 34.8 Å². The van der Waals surface area contributed by atoms with Gasteiger partial charge in [-0.15, -0.1) is 0 Å². The van der Waals surface area contributed by atoms with Gasteiger partial charge in [-0.1, -0.05) is 47.1 Å². The molecular weight excluding hydrogens is 460 g/mol. The van der Waals surface area contributed by atoms with E-state index in [1.807, 2.05) is 38.4 Å². The van der Waals surface area contributed by atoms with Gasteiger partial charge in [0, 0.05) is 34.9 Å². The van der Waals surface area contributed by atoms with E-state index >= 15 is 0 Å². The standard InChI is InChI=1S/C23H27BrN4O3/c1-14-19(20(27-31-14)15-6-8-17(24)9-7-15)21(29)16-10-18(25-11-16)22(30)26-12-23(2,3)13-28(4)5/h6-11,25H,12-13H2,1-5H3,(H,26,30). The molecular formula is C23H27BrN4O3. The van der Waals surface area contributed by atoms with Crippen LogP contribution in [0.15, 0.2) is 45.5 Å². The van der Waals surface area contributed by atoms with E-state index in [1.165, 1.54) is 0 Å². The molecule has 0 fully saturated rings. The number of benzene rings is 1. The first-order chi connectivity index (χ1) is 14.6. The fraction of sp³-hybridized carbons (Fsp3) is 0.348. The summed E-state index contributed by atoms with van der Waals surface area (Å²) in [5, 5.41) is 7.02. The number of hydrogen-bond acceptors (Lipinski definition) is 5. The van der Waals surface area contributed by atoms with Crippen molar-refractivity contribution in [3.63, 3.8) is 0 Å². The van der Waals surface area contributed by atoms with Gasteiger partial charge in [0.05, 0.1) is 5.56 Å². The number of ketones is 1. The van der Waals surface area contributed by atoms with Crippen LogP contribution in [0.1, 0.15) is 46.0 Å². The second-order valence-electron chi connectivity index (χ2n) is 8.69. The third kappa shape index (κ3) is 5.51. The van der Waals surface area contributed by atoms with E-state index < -0.39 is 0 Å². The molecule has 0 radical (unpaired) electrons. The SMILES string of the molecule is Cc1onc(-c2ccc(Br)cc2)c1C(=O)c1c[nH]c(C(=O)NCC(C)(C)CN(C)C)c1. The molecule has 164 valence electrons. The maximum absolute atomic E-state index is 13.2. The molecule has 0 atom stereocenters. The predicted octanol–water partition coefficient (Wildman–Crippen LogP) is 4.29. The molecule has 31 heavy (non-hydrogen) atoms. The molecule has 0 aliphatic rings. The molecule has 1 amide bonds. The molecule has 1 aromatic carbocycles. The van der Waals surface area contributed by atoms with Gasteiger partial charge in [0.15, 0.2) is 5.78 Å². The lowest BCUT2D eigenvalue weighted by Gasteiger charge is -2.28. The van der Waals surface area contributed by atoms with Crippen molar-refractivity contribution in [3.05, 3.63) is 63.6 Å². The average Bonchev–Trinajstić information content (AvgIpc) is 3.33. The molecule has 7 nitrogen and oxygen atoms in total. The molecule has 0 aliphatic heterocycles. The summed E-state index contributed by atoms with van der Waals surface area (Å²) in [7, 11) is 4.00. The lowest BCUT2D eigenvalue weighted by molar-refractivity contribution is 0.0924. The van der Waals surface area contributed by atoms with Crippen LogP contribution in [0.2, 0.25) is 0 Å². The molecule has 3 aromatic rings. The van der Waals surface area contributed by atoms with Crippen molar-refractivity contribution in [1.82, 2.24) is 20.4 Å². The first-order valence-electron chi connectivity index (χ1n) is 9.95. The highest BCUT2D eigenvalue weighted by Gasteiger charge is 2.25. The van der Waals surface area contributed by atoms with Crippen LogP contribution < -0.4 is 5.32 Å². The fourth-order valence-corrected chi connectivity index (χ4v) is 3.84. The minimum Gasteiger partial charge on any atom is -0.360 e. The summed E-state index contributed by atoms with van der Waals surface area (Å²) in [6.45, 7) is 7.25. The Morgan fingerprint density at radius 3 is 2.55 bits per heavy atom. The van der Waals surface area contributed by atoms with Crippen molar-refractivity contribution < 1.29 is 14.1 Å². The Bertz CT molecular complexity index is 1080. The quantitative estimate of drug-likeness (QED) is 0.463. The Kier molecular flexibility index (Phi) is 6.81. The van der Waals surface area contributed by atoms with Crippen LogP contribution in [0.4, 0.5) is 0 Å². The van der Waals surface area contributed by atoms with Gasteiger partial charge in [-0.2, -0.15) is 0 Å². The van der Waals surface area contributed by atoms with Crippen LogP contribution in [-0.2, 0) is 0 Å². The molecule has 2 heterocycles. The summed E-state index contributed by atoms with van der Waals surface area (Å²) >= 11 is 3.40. The van der Waals surface area contributed by atoms with Gasteiger partial charge in [0.1, 0.15) is 17.1 Å². The average molecular weight is 487 g/mol. The monoisotopic (exact) mass is 486 g/mol. The number of halogens is 1. The first-order valence-corrected chi connectivity index (χ1v) is 10.7. The fourth-order valence-electron chi connectivity index (χ4n) is 3.57. The molecule has 0 aliphatic carbocycles. The summed E-state index contributed by atoms with van der Waals surface area (Å²) in [4.78, 5) is 30.8. The van der Waals surface area contributed by atoms with Crippen LogP contribution in [-0.4, -0.2) is 53.9 Å². The summed E-state index contributed by atoms with van der Waals surface area (Å²) in [6, 6.07) is 9.05. The highest BCUT2D eigenvalue weighted by molar-refractivity contribution is 9.10. The number of aromatic nitrogens is 2. The van der Waals surface area contributed by atoms with E-state index in [-0.39, 0.29) is 17.1 Å². The largest absolute Gasteiger partial charge is 0.360 e. The Labute approximate surface area is 190 Å². The summed E-state index contributed by atoms with van der Waals surface area (Å²) < 4.78 is 6.24. The number of aryl methyl sites for hydroxylation is 1. The van der Waals surface area contributed by atoms with Crippen molar-refractivity contribution in [2.24, 2.45) is 5.41 Å². The lowest BCUT2D eigenvalue weighted by atomic mass is 9.93. The molecule has 0 spiro atoms. The minimum atomic E-state index is -0.250. The lowest BCUT2D eigenvalue weighted by Crippen LogP contribution is -2.40. The van der Waals surface area contributed by atoms with E-state index in [2.05, 4.69) is 50.1 Å². The van der Waals surface area contributed by atoms with Crippen molar-refractivity contribution in [3.8, 4) is 11.3 Å². The number of hydrogen-bond donors (Lipinski definition) is 2. The van der Waals surface area contributed by atoms with Crippen molar-refractivity contribution >= 4 is 27.6 Å². The molecule has 0 unspecified atom stereocenters. The Morgan fingerprint density at radius 1 is 1.23 bits per heavy atom. The van der Waals surface area contributed by atoms with E-state index in [9.17, 15) is 9.59 Å². The van der Waals surface area contributed by atoms with Crippen LogP contribution in [0, 0.1) is 12.3 Å². The topological polar surface area (TPSA) is 91.2 Å². The maximum atomic E-state index is 13.2. The van der Waals surface area contributed by atoms with Crippen LogP contribution in [0.25, 0.3) is 11.3 Å². The Morgan fingerprint density at radius 2 is 1.90 bits per heavy atom. The van der Waals surface area contributed by atoms with Gasteiger partial charge in [-0.3, -0.25) is 9.59 Å². The molecule has 0 saturated heterocycles. The first kappa shape index (κ1) is 23.0. The van der Waals surface area contributed by atoms with Crippen molar-refractivity contribution in [2.45, 2.75) is 20.8 Å². The number of carbonyl (C=O) groups is 2. The molecule has 3 rings (SSSR count).